The van der Waals surface area contributed by atoms with Gasteiger partial charge in [0.2, 0.25) is 0 Å². The molecule has 0 saturated heterocycles. The van der Waals surface area contributed by atoms with Gasteiger partial charge in [0.1, 0.15) is 0 Å². The lowest BCUT2D eigenvalue weighted by atomic mass is 10.0. The van der Waals surface area contributed by atoms with Crippen LogP contribution in [0.1, 0.15) is 16.7 Å². The predicted molar refractivity (Wildman–Crippen MR) is 112 cm³/mol. The number of amides is 1. The topological polar surface area (TPSA) is 43.6 Å². The van der Waals surface area contributed by atoms with Gasteiger partial charge in [0, 0.05) is 13.7 Å². The van der Waals surface area contributed by atoms with Crippen molar-refractivity contribution in [1.82, 2.24) is 4.57 Å². The van der Waals surface area contributed by atoms with Crippen molar-refractivity contribution in [2.45, 2.75) is 26.8 Å². The van der Waals surface area contributed by atoms with Gasteiger partial charge in [-0.05, 0) is 37.1 Å². The Bertz CT molecular complexity index is 1070. The molecule has 0 bridgehead atoms. The fourth-order valence-corrected chi connectivity index (χ4v) is 4.58. The van der Waals surface area contributed by atoms with Crippen LogP contribution in [0.15, 0.2) is 35.3 Å². The number of carbonyl (C=O) groups excluding carboxylic acids is 1. The number of thiazole rings is 1. The Kier molecular flexibility index (Phi) is 6.37. The van der Waals surface area contributed by atoms with Crippen molar-refractivity contribution in [2.24, 2.45) is 4.99 Å². The third-order valence-electron chi connectivity index (χ3n) is 4.31. The number of halogens is 2. The summed E-state index contributed by atoms with van der Waals surface area (Å²) in [5.74, 6) is -0.200. The van der Waals surface area contributed by atoms with E-state index in [0.717, 1.165) is 26.9 Å². The molecule has 7 heteroatoms. The molecule has 0 radical (unpaired) electrons. The highest BCUT2D eigenvalue weighted by Gasteiger charge is 2.14. The van der Waals surface area contributed by atoms with E-state index in [1.165, 1.54) is 11.3 Å². The van der Waals surface area contributed by atoms with Gasteiger partial charge >= 0.3 is 0 Å². The number of hydrogen-bond acceptors (Lipinski definition) is 3. The number of hydrogen-bond donors (Lipinski definition) is 0. The second kappa shape index (κ2) is 8.57. The number of nitrogens with zero attached hydrogens (tertiary/aromatic N) is 2. The van der Waals surface area contributed by atoms with E-state index in [1.54, 1.807) is 19.2 Å². The van der Waals surface area contributed by atoms with E-state index in [1.807, 2.05) is 36.6 Å². The van der Waals surface area contributed by atoms with Gasteiger partial charge in [-0.3, -0.25) is 4.79 Å². The molecule has 0 atom stereocenters. The van der Waals surface area contributed by atoms with Gasteiger partial charge in [0.25, 0.3) is 5.91 Å². The minimum atomic E-state index is -0.200. The summed E-state index contributed by atoms with van der Waals surface area (Å²) in [4.78, 5) is 17.6. The maximum Gasteiger partial charge on any atom is 0.252 e. The lowest BCUT2D eigenvalue weighted by molar-refractivity contribution is -0.117. The lowest BCUT2D eigenvalue weighted by Crippen LogP contribution is -2.20. The van der Waals surface area contributed by atoms with Crippen LogP contribution in [-0.4, -0.2) is 24.2 Å². The fraction of sp³-hybridized carbons (Fsp3) is 0.300. The van der Waals surface area contributed by atoms with Crippen molar-refractivity contribution in [3.05, 3.63) is 61.9 Å². The first kappa shape index (κ1) is 20.1. The Morgan fingerprint density at radius 3 is 2.67 bits per heavy atom. The van der Waals surface area contributed by atoms with Gasteiger partial charge in [-0.15, -0.1) is 0 Å². The molecule has 1 aromatic heterocycles. The monoisotopic (exact) mass is 422 g/mol. The Hall–Kier alpha value is -1.66. The van der Waals surface area contributed by atoms with E-state index in [4.69, 9.17) is 27.9 Å². The molecular formula is C20H20Cl2N2O2S. The Morgan fingerprint density at radius 2 is 1.93 bits per heavy atom. The molecule has 0 spiro atoms. The van der Waals surface area contributed by atoms with Gasteiger partial charge in [-0.25, -0.2) is 0 Å². The quantitative estimate of drug-likeness (QED) is 0.583. The van der Waals surface area contributed by atoms with Crippen LogP contribution in [0.25, 0.3) is 10.2 Å². The molecule has 2 aromatic carbocycles. The fourth-order valence-electron chi connectivity index (χ4n) is 2.89. The molecule has 3 aromatic rings. The summed E-state index contributed by atoms with van der Waals surface area (Å²) in [7, 11) is 1.63. The van der Waals surface area contributed by atoms with E-state index in [-0.39, 0.29) is 12.3 Å². The van der Waals surface area contributed by atoms with Crippen LogP contribution in [0.5, 0.6) is 0 Å². The van der Waals surface area contributed by atoms with Crippen LogP contribution in [0.4, 0.5) is 0 Å². The molecule has 27 heavy (non-hydrogen) atoms. The van der Waals surface area contributed by atoms with Crippen molar-refractivity contribution < 1.29 is 9.53 Å². The zero-order valence-corrected chi connectivity index (χ0v) is 17.7. The largest absolute Gasteiger partial charge is 0.383 e. The summed E-state index contributed by atoms with van der Waals surface area (Å²) < 4.78 is 7.92. The molecule has 4 nitrogen and oxygen atoms in total. The van der Waals surface area contributed by atoms with Crippen molar-refractivity contribution >= 4 is 50.7 Å². The van der Waals surface area contributed by atoms with E-state index < -0.39 is 0 Å². The first-order valence-electron chi connectivity index (χ1n) is 8.50. The predicted octanol–water partition coefficient (Wildman–Crippen LogP) is 4.94. The van der Waals surface area contributed by atoms with Crippen molar-refractivity contribution in [3.63, 3.8) is 0 Å². The van der Waals surface area contributed by atoms with Crippen LogP contribution in [-0.2, 0) is 22.5 Å². The summed E-state index contributed by atoms with van der Waals surface area (Å²) in [5.41, 5.74) is 3.98. The number of fused-ring (bicyclic) bond motifs is 1. The average Bonchev–Trinajstić information content (AvgIpc) is 2.98. The average molecular weight is 423 g/mol. The lowest BCUT2D eigenvalue weighted by Gasteiger charge is -2.06. The number of aryl methyl sites for hydroxylation is 2. The third kappa shape index (κ3) is 4.43. The minimum absolute atomic E-state index is 0.200. The van der Waals surface area contributed by atoms with E-state index in [0.29, 0.717) is 28.0 Å². The Morgan fingerprint density at radius 1 is 1.19 bits per heavy atom. The van der Waals surface area contributed by atoms with Crippen LogP contribution in [0.3, 0.4) is 0 Å². The van der Waals surface area contributed by atoms with Gasteiger partial charge in [-0.1, -0.05) is 58.3 Å². The highest BCUT2D eigenvalue weighted by molar-refractivity contribution is 7.17. The third-order valence-corrected chi connectivity index (χ3v) is 6.16. The van der Waals surface area contributed by atoms with Crippen LogP contribution in [0, 0.1) is 13.8 Å². The zero-order valence-electron chi connectivity index (χ0n) is 15.4. The van der Waals surface area contributed by atoms with Crippen LogP contribution >= 0.6 is 34.5 Å². The van der Waals surface area contributed by atoms with E-state index in [9.17, 15) is 4.79 Å². The molecule has 0 fully saturated rings. The minimum Gasteiger partial charge on any atom is -0.383 e. The molecule has 0 saturated carbocycles. The molecule has 3 rings (SSSR count). The standard InChI is InChI=1S/C20H20Cl2N2O2S/c1-12-4-5-13(2)14(10-12)11-17(25)23-20-24(8-9-26-3)18-15(21)6-7-16(22)19(18)27-20/h4-7,10H,8-9,11H2,1-3H3. The van der Waals surface area contributed by atoms with Gasteiger partial charge in [0.05, 0.1) is 33.3 Å². The number of benzene rings is 2. The van der Waals surface area contributed by atoms with Crippen molar-refractivity contribution in [3.8, 4) is 0 Å². The molecule has 0 aliphatic carbocycles. The van der Waals surface area contributed by atoms with Crippen LogP contribution in [0.2, 0.25) is 10.0 Å². The van der Waals surface area contributed by atoms with E-state index in [2.05, 4.69) is 4.99 Å². The normalized spacial score (nSPS) is 12.1. The second-order valence-electron chi connectivity index (χ2n) is 6.35. The maximum absolute atomic E-state index is 12.6. The van der Waals surface area contributed by atoms with Gasteiger partial charge in [-0.2, -0.15) is 4.99 Å². The molecule has 0 unspecified atom stereocenters. The smallest absolute Gasteiger partial charge is 0.252 e. The molecule has 0 N–H and O–H groups in total. The Labute approximate surface area is 172 Å². The summed E-state index contributed by atoms with van der Waals surface area (Å²) in [5, 5.41) is 1.17. The molecule has 142 valence electrons. The molecule has 1 heterocycles. The van der Waals surface area contributed by atoms with E-state index >= 15 is 0 Å². The second-order valence-corrected chi connectivity index (χ2v) is 8.14. The number of carbonyl (C=O) groups is 1. The first-order chi connectivity index (χ1) is 12.9. The van der Waals surface area contributed by atoms with Crippen molar-refractivity contribution in [1.29, 1.82) is 0 Å². The highest BCUT2D eigenvalue weighted by Crippen LogP contribution is 2.31. The number of ether oxygens (including phenoxy) is 1. The number of aromatic nitrogens is 1. The molecular weight excluding hydrogens is 403 g/mol. The zero-order chi connectivity index (χ0) is 19.6. The molecule has 0 aliphatic rings. The molecule has 1 amide bonds. The maximum atomic E-state index is 12.6. The van der Waals surface area contributed by atoms with Crippen molar-refractivity contribution in [2.75, 3.05) is 13.7 Å². The SMILES string of the molecule is COCCn1c(=NC(=O)Cc2cc(C)ccc2C)sc2c(Cl)ccc(Cl)c21. The summed E-state index contributed by atoms with van der Waals surface area (Å²) in [6.45, 7) is 5.03. The number of methoxy groups -OCH3 is 1. The van der Waals surface area contributed by atoms with Crippen LogP contribution < -0.4 is 4.80 Å². The summed E-state index contributed by atoms with van der Waals surface area (Å²) in [6.07, 6.45) is 0.257. The summed E-state index contributed by atoms with van der Waals surface area (Å²) >= 11 is 14.1. The van der Waals surface area contributed by atoms with Gasteiger partial charge in [0.15, 0.2) is 4.80 Å². The molecule has 0 aliphatic heterocycles. The number of rotatable bonds is 5. The van der Waals surface area contributed by atoms with Gasteiger partial charge < -0.3 is 9.30 Å². The Balaban J connectivity index is 2.06. The highest BCUT2D eigenvalue weighted by atomic mass is 35.5. The summed E-state index contributed by atoms with van der Waals surface area (Å²) in [6, 6.07) is 9.60. The first-order valence-corrected chi connectivity index (χ1v) is 10.1.